The molecule has 96 valence electrons. The number of carboxylic acids is 1. The van der Waals surface area contributed by atoms with Gasteiger partial charge in [-0.25, -0.2) is 4.79 Å². The van der Waals surface area contributed by atoms with Gasteiger partial charge in [0.05, 0.1) is 0 Å². The van der Waals surface area contributed by atoms with E-state index in [1.54, 1.807) is 24.3 Å². The predicted molar refractivity (Wildman–Crippen MR) is 70.0 cm³/mol. The van der Waals surface area contributed by atoms with Crippen LogP contribution in [0.15, 0.2) is 42.5 Å². The SMILES string of the molecule is O=C(c1ccc(Cl)cc1)c1ccc(O)c(C(=O)O)c1. The van der Waals surface area contributed by atoms with Crippen molar-refractivity contribution in [3.05, 3.63) is 64.2 Å². The van der Waals surface area contributed by atoms with Gasteiger partial charge in [0, 0.05) is 16.1 Å². The molecule has 0 radical (unpaired) electrons. The fourth-order valence-electron chi connectivity index (χ4n) is 1.62. The molecule has 0 saturated heterocycles. The maximum Gasteiger partial charge on any atom is 0.339 e. The molecule has 0 aliphatic carbocycles. The second-order valence-electron chi connectivity index (χ2n) is 3.87. The maximum atomic E-state index is 12.1. The highest BCUT2D eigenvalue weighted by atomic mass is 35.5. The summed E-state index contributed by atoms with van der Waals surface area (Å²) in [6.45, 7) is 0. The van der Waals surface area contributed by atoms with E-state index in [0.717, 1.165) is 6.07 Å². The van der Waals surface area contributed by atoms with Crippen LogP contribution >= 0.6 is 11.6 Å². The number of hydrogen-bond donors (Lipinski definition) is 2. The largest absolute Gasteiger partial charge is 0.507 e. The predicted octanol–water partition coefficient (Wildman–Crippen LogP) is 2.97. The van der Waals surface area contributed by atoms with E-state index in [4.69, 9.17) is 16.7 Å². The lowest BCUT2D eigenvalue weighted by Crippen LogP contribution is -2.04. The first-order valence-electron chi connectivity index (χ1n) is 5.35. The molecule has 0 heterocycles. The molecule has 2 N–H and O–H groups in total. The van der Waals surface area contributed by atoms with Gasteiger partial charge in [-0.2, -0.15) is 0 Å². The van der Waals surface area contributed by atoms with E-state index in [1.165, 1.54) is 12.1 Å². The number of carboxylic acid groups (broad SMARTS) is 1. The van der Waals surface area contributed by atoms with E-state index in [0.29, 0.717) is 10.6 Å². The standard InChI is InChI=1S/C14H9ClO4/c15-10-4-1-8(2-5-10)13(17)9-3-6-12(16)11(7-9)14(18)19/h1-7,16H,(H,18,19). The molecule has 0 amide bonds. The number of rotatable bonds is 3. The van der Waals surface area contributed by atoms with E-state index in [1.807, 2.05) is 0 Å². The summed E-state index contributed by atoms with van der Waals surface area (Å²) < 4.78 is 0. The van der Waals surface area contributed by atoms with Crippen molar-refractivity contribution >= 4 is 23.4 Å². The van der Waals surface area contributed by atoms with Crippen LogP contribution in [0.2, 0.25) is 5.02 Å². The van der Waals surface area contributed by atoms with Crippen LogP contribution < -0.4 is 0 Å². The van der Waals surface area contributed by atoms with Gasteiger partial charge in [-0.1, -0.05) is 11.6 Å². The molecule has 2 aromatic carbocycles. The number of aromatic hydroxyl groups is 1. The molecule has 0 aliphatic heterocycles. The Hall–Kier alpha value is -2.33. The Kier molecular flexibility index (Phi) is 3.53. The third kappa shape index (κ3) is 2.74. The third-order valence-electron chi connectivity index (χ3n) is 2.60. The van der Waals surface area contributed by atoms with Crippen molar-refractivity contribution in [1.29, 1.82) is 0 Å². The van der Waals surface area contributed by atoms with Crippen molar-refractivity contribution < 1.29 is 19.8 Å². The monoisotopic (exact) mass is 276 g/mol. The molecule has 0 saturated carbocycles. The third-order valence-corrected chi connectivity index (χ3v) is 2.85. The van der Waals surface area contributed by atoms with E-state index in [9.17, 15) is 14.7 Å². The van der Waals surface area contributed by atoms with Gasteiger partial charge in [0.1, 0.15) is 11.3 Å². The lowest BCUT2D eigenvalue weighted by Gasteiger charge is -2.04. The molecule has 0 aromatic heterocycles. The highest BCUT2D eigenvalue weighted by Gasteiger charge is 2.15. The Morgan fingerprint density at radius 1 is 0.947 bits per heavy atom. The number of carbonyl (C=O) groups is 2. The Bertz CT molecular complexity index is 647. The minimum Gasteiger partial charge on any atom is -0.507 e. The Morgan fingerprint density at radius 2 is 1.53 bits per heavy atom. The molecular weight excluding hydrogens is 268 g/mol. The summed E-state index contributed by atoms with van der Waals surface area (Å²) in [4.78, 5) is 23.0. The molecule has 4 nitrogen and oxygen atoms in total. The number of benzene rings is 2. The summed E-state index contributed by atoms with van der Waals surface area (Å²) in [5.74, 6) is -2.00. The average Bonchev–Trinajstić information content (AvgIpc) is 2.39. The van der Waals surface area contributed by atoms with Crippen LogP contribution in [0.4, 0.5) is 0 Å². The van der Waals surface area contributed by atoms with Gasteiger partial charge >= 0.3 is 5.97 Å². The van der Waals surface area contributed by atoms with Crippen LogP contribution in [0, 0.1) is 0 Å². The summed E-state index contributed by atoms with van der Waals surface area (Å²) >= 11 is 5.73. The molecule has 2 rings (SSSR count). The molecular formula is C14H9ClO4. The van der Waals surface area contributed by atoms with Crippen molar-refractivity contribution in [2.75, 3.05) is 0 Å². The summed E-state index contributed by atoms with van der Waals surface area (Å²) in [6, 6.07) is 9.97. The summed E-state index contributed by atoms with van der Waals surface area (Å²) in [7, 11) is 0. The van der Waals surface area contributed by atoms with E-state index in [2.05, 4.69) is 0 Å². The van der Waals surface area contributed by atoms with Crippen LogP contribution in [0.3, 0.4) is 0 Å². The molecule has 2 aromatic rings. The Labute approximate surface area is 113 Å². The number of carbonyl (C=O) groups excluding carboxylic acids is 1. The van der Waals surface area contributed by atoms with Crippen molar-refractivity contribution in [3.63, 3.8) is 0 Å². The lowest BCUT2D eigenvalue weighted by molar-refractivity contribution is 0.0693. The molecule has 0 unspecified atom stereocenters. The van der Waals surface area contributed by atoms with Gasteiger partial charge < -0.3 is 10.2 Å². The second kappa shape index (κ2) is 5.12. The van der Waals surface area contributed by atoms with Crippen molar-refractivity contribution in [2.24, 2.45) is 0 Å². The number of halogens is 1. The summed E-state index contributed by atoms with van der Waals surface area (Å²) in [5, 5.41) is 18.8. The summed E-state index contributed by atoms with van der Waals surface area (Å²) in [5.41, 5.74) is 0.281. The number of aromatic carboxylic acids is 1. The van der Waals surface area contributed by atoms with E-state index in [-0.39, 0.29) is 22.7 Å². The van der Waals surface area contributed by atoms with Crippen molar-refractivity contribution in [1.82, 2.24) is 0 Å². The molecule has 0 aliphatic rings. The number of hydrogen-bond acceptors (Lipinski definition) is 3. The van der Waals surface area contributed by atoms with Gasteiger partial charge in [0.15, 0.2) is 5.78 Å². The highest BCUT2D eigenvalue weighted by molar-refractivity contribution is 6.30. The quantitative estimate of drug-likeness (QED) is 0.845. The van der Waals surface area contributed by atoms with Crippen LogP contribution in [0.1, 0.15) is 26.3 Å². The van der Waals surface area contributed by atoms with Crippen LogP contribution in [-0.4, -0.2) is 22.0 Å². The molecule has 0 atom stereocenters. The minimum atomic E-state index is -1.29. The highest BCUT2D eigenvalue weighted by Crippen LogP contribution is 2.21. The van der Waals surface area contributed by atoms with Gasteiger partial charge in [-0.05, 0) is 42.5 Å². The first kappa shape index (κ1) is 13.1. The molecule has 0 fully saturated rings. The van der Waals surface area contributed by atoms with Crippen LogP contribution in [0.25, 0.3) is 0 Å². The van der Waals surface area contributed by atoms with Crippen LogP contribution in [0.5, 0.6) is 5.75 Å². The first-order valence-corrected chi connectivity index (χ1v) is 5.73. The summed E-state index contributed by atoms with van der Waals surface area (Å²) in [6.07, 6.45) is 0. The molecule has 19 heavy (non-hydrogen) atoms. The van der Waals surface area contributed by atoms with Crippen molar-refractivity contribution in [3.8, 4) is 5.75 Å². The topological polar surface area (TPSA) is 74.6 Å². The van der Waals surface area contributed by atoms with Gasteiger partial charge in [-0.3, -0.25) is 4.79 Å². The van der Waals surface area contributed by atoms with E-state index < -0.39 is 5.97 Å². The Balaban J connectivity index is 2.42. The van der Waals surface area contributed by atoms with Gasteiger partial charge in [0.25, 0.3) is 0 Å². The number of phenols is 1. The van der Waals surface area contributed by atoms with Crippen LogP contribution in [-0.2, 0) is 0 Å². The molecule has 0 spiro atoms. The zero-order chi connectivity index (χ0) is 14.0. The molecule has 5 heteroatoms. The zero-order valence-corrected chi connectivity index (χ0v) is 10.4. The fourth-order valence-corrected chi connectivity index (χ4v) is 1.74. The lowest BCUT2D eigenvalue weighted by atomic mass is 10.0. The second-order valence-corrected chi connectivity index (χ2v) is 4.31. The first-order chi connectivity index (χ1) is 8.99. The maximum absolute atomic E-state index is 12.1. The van der Waals surface area contributed by atoms with Gasteiger partial charge in [0.2, 0.25) is 0 Å². The average molecular weight is 277 g/mol. The zero-order valence-electron chi connectivity index (χ0n) is 9.63. The van der Waals surface area contributed by atoms with E-state index >= 15 is 0 Å². The van der Waals surface area contributed by atoms with Gasteiger partial charge in [-0.15, -0.1) is 0 Å². The molecule has 0 bridgehead atoms. The smallest absolute Gasteiger partial charge is 0.339 e. The normalized spacial score (nSPS) is 10.2. The minimum absolute atomic E-state index is 0.192. The number of ketones is 1. The Morgan fingerprint density at radius 3 is 2.11 bits per heavy atom. The fraction of sp³-hybridized carbons (Fsp3) is 0. The van der Waals surface area contributed by atoms with Crippen molar-refractivity contribution in [2.45, 2.75) is 0 Å².